The molecule has 2 rings (SSSR count). The number of hydrogen-bond donors (Lipinski definition) is 0. The Morgan fingerprint density at radius 3 is 2.35 bits per heavy atom. The van der Waals surface area contributed by atoms with E-state index >= 15 is 0 Å². The highest BCUT2D eigenvalue weighted by atomic mass is 16.6. The van der Waals surface area contributed by atoms with Crippen LogP contribution in [-0.4, -0.2) is 52.2 Å². The molecule has 1 aliphatic heterocycles. The van der Waals surface area contributed by atoms with Gasteiger partial charge in [0.15, 0.2) is 0 Å². The first-order valence-electron chi connectivity index (χ1n) is 7.44. The molecule has 0 unspecified atom stereocenters. The van der Waals surface area contributed by atoms with Crippen LogP contribution < -0.4 is 0 Å². The van der Waals surface area contributed by atoms with E-state index in [1.165, 1.54) is 0 Å². The molecule has 1 amide bonds. The molecule has 1 aromatic heterocycles. The summed E-state index contributed by atoms with van der Waals surface area (Å²) in [5.74, 6) is 0.498. The number of hydrogen-bond acceptors (Lipinski definition) is 5. The SMILES string of the molecule is CCC(CC)C(=O)N1CCN(Cc2nonc2C)CC1. The highest BCUT2D eigenvalue weighted by Crippen LogP contribution is 2.15. The number of amides is 1. The van der Waals surface area contributed by atoms with Crippen LogP contribution in [0.15, 0.2) is 4.63 Å². The maximum atomic E-state index is 12.3. The van der Waals surface area contributed by atoms with Crippen molar-refractivity contribution < 1.29 is 9.42 Å². The number of aryl methyl sites for hydroxylation is 1. The molecular weight excluding hydrogens is 256 g/mol. The summed E-state index contributed by atoms with van der Waals surface area (Å²) in [5.41, 5.74) is 1.74. The van der Waals surface area contributed by atoms with E-state index in [-0.39, 0.29) is 5.92 Å². The molecule has 112 valence electrons. The quantitative estimate of drug-likeness (QED) is 0.817. The second-order valence-corrected chi connectivity index (χ2v) is 5.41. The molecule has 0 aliphatic carbocycles. The van der Waals surface area contributed by atoms with E-state index in [4.69, 9.17) is 4.63 Å². The van der Waals surface area contributed by atoms with Gasteiger partial charge in [0.1, 0.15) is 11.4 Å². The van der Waals surface area contributed by atoms with Crippen LogP contribution in [0.1, 0.15) is 38.1 Å². The smallest absolute Gasteiger partial charge is 0.225 e. The van der Waals surface area contributed by atoms with Crippen molar-refractivity contribution >= 4 is 5.91 Å². The number of rotatable bonds is 5. The van der Waals surface area contributed by atoms with Crippen LogP contribution in [0.4, 0.5) is 0 Å². The molecule has 1 aromatic rings. The standard InChI is InChI=1S/C14H24N4O2/c1-4-12(5-2)14(19)18-8-6-17(7-9-18)10-13-11(3)15-20-16-13/h12H,4-10H2,1-3H3. The minimum absolute atomic E-state index is 0.184. The van der Waals surface area contributed by atoms with E-state index in [0.717, 1.165) is 57.0 Å². The van der Waals surface area contributed by atoms with Gasteiger partial charge in [-0.05, 0) is 19.8 Å². The van der Waals surface area contributed by atoms with Crippen molar-refractivity contribution in [1.29, 1.82) is 0 Å². The average Bonchev–Trinajstić information content (AvgIpc) is 2.86. The fourth-order valence-electron chi connectivity index (χ4n) is 2.63. The minimum Gasteiger partial charge on any atom is -0.340 e. The zero-order chi connectivity index (χ0) is 14.5. The van der Waals surface area contributed by atoms with Crippen molar-refractivity contribution in [2.75, 3.05) is 26.2 Å². The lowest BCUT2D eigenvalue weighted by Gasteiger charge is -2.35. The Bertz CT molecular complexity index is 434. The van der Waals surface area contributed by atoms with E-state index in [9.17, 15) is 4.79 Å². The first kappa shape index (κ1) is 15.0. The lowest BCUT2D eigenvalue weighted by atomic mass is 10.0. The Balaban J connectivity index is 1.83. The van der Waals surface area contributed by atoms with Gasteiger partial charge < -0.3 is 4.90 Å². The molecule has 6 nitrogen and oxygen atoms in total. The van der Waals surface area contributed by atoms with Crippen LogP contribution in [0, 0.1) is 12.8 Å². The van der Waals surface area contributed by atoms with E-state index in [1.54, 1.807) is 0 Å². The van der Waals surface area contributed by atoms with Gasteiger partial charge in [-0.25, -0.2) is 4.63 Å². The molecule has 6 heteroatoms. The van der Waals surface area contributed by atoms with Crippen LogP contribution >= 0.6 is 0 Å². The molecular formula is C14H24N4O2. The molecule has 0 aromatic carbocycles. The molecule has 0 spiro atoms. The van der Waals surface area contributed by atoms with Crippen molar-refractivity contribution in [2.24, 2.45) is 5.92 Å². The molecule has 20 heavy (non-hydrogen) atoms. The monoisotopic (exact) mass is 280 g/mol. The molecule has 0 radical (unpaired) electrons. The molecule has 1 fully saturated rings. The summed E-state index contributed by atoms with van der Waals surface area (Å²) in [7, 11) is 0. The molecule has 0 bridgehead atoms. The Kier molecular flexibility index (Phi) is 5.11. The van der Waals surface area contributed by atoms with Gasteiger partial charge in [-0.15, -0.1) is 0 Å². The van der Waals surface area contributed by atoms with Crippen LogP contribution in [0.5, 0.6) is 0 Å². The first-order chi connectivity index (χ1) is 9.65. The number of aromatic nitrogens is 2. The summed E-state index contributed by atoms with van der Waals surface area (Å²) in [6.07, 6.45) is 1.86. The Hall–Kier alpha value is -1.43. The van der Waals surface area contributed by atoms with Crippen molar-refractivity contribution in [2.45, 2.75) is 40.2 Å². The Morgan fingerprint density at radius 1 is 1.20 bits per heavy atom. The van der Waals surface area contributed by atoms with E-state index in [2.05, 4.69) is 29.1 Å². The topological polar surface area (TPSA) is 62.5 Å². The van der Waals surface area contributed by atoms with Gasteiger partial charge in [-0.3, -0.25) is 9.69 Å². The van der Waals surface area contributed by atoms with E-state index in [1.807, 2.05) is 11.8 Å². The zero-order valence-electron chi connectivity index (χ0n) is 12.6. The van der Waals surface area contributed by atoms with Crippen LogP contribution in [0.2, 0.25) is 0 Å². The highest BCUT2D eigenvalue weighted by molar-refractivity contribution is 5.78. The minimum atomic E-state index is 0.184. The van der Waals surface area contributed by atoms with Gasteiger partial charge in [0.25, 0.3) is 0 Å². The molecule has 0 N–H and O–H groups in total. The molecule has 1 aliphatic rings. The molecule has 0 atom stereocenters. The van der Waals surface area contributed by atoms with Crippen LogP contribution in [0.25, 0.3) is 0 Å². The van der Waals surface area contributed by atoms with Crippen molar-refractivity contribution in [3.05, 3.63) is 11.4 Å². The summed E-state index contributed by atoms with van der Waals surface area (Å²) in [5, 5.41) is 7.70. The maximum absolute atomic E-state index is 12.3. The van der Waals surface area contributed by atoms with Crippen molar-refractivity contribution in [3.8, 4) is 0 Å². The van der Waals surface area contributed by atoms with Crippen LogP contribution in [-0.2, 0) is 11.3 Å². The fourth-order valence-corrected chi connectivity index (χ4v) is 2.63. The van der Waals surface area contributed by atoms with E-state index in [0.29, 0.717) is 5.91 Å². The third-order valence-corrected chi connectivity index (χ3v) is 4.14. The summed E-state index contributed by atoms with van der Waals surface area (Å²) in [4.78, 5) is 16.6. The van der Waals surface area contributed by atoms with Crippen molar-refractivity contribution in [3.63, 3.8) is 0 Å². The van der Waals surface area contributed by atoms with Gasteiger partial charge in [-0.1, -0.05) is 24.2 Å². The van der Waals surface area contributed by atoms with Crippen LogP contribution in [0.3, 0.4) is 0 Å². The predicted octanol–water partition coefficient (Wildman–Crippen LogP) is 1.46. The normalized spacial score (nSPS) is 16.9. The highest BCUT2D eigenvalue weighted by Gasteiger charge is 2.26. The third-order valence-electron chi connectivity index (χ3n) is 4.14. The van der Waals surface area contributed by atoms with E-state index < -0.39 is 0 Å². The second-order valence-electron chi connectivity index (χ2n) is 5.41. The second kappa shape index (κ2) is 6.83. The number of carbonyl (C=O) groups excluding carboxylic acids is 1. The Morgan fingerprint density at radius 2 is 1.85 bits per heavy atom. The van der Waals surface area contributed by atoms with Gasteiger partial charge in [0.05, 0.1) is 0 Å². The van der Waals surface area contributed by atoms with Gasteiger partial charge in [0.2, 0.25) is 5.91 Å². The number of carbonyl (C=O) groups is 1. The van der Waals surface area contributed by atoms with Crippen molar-refractivity contribution in [1.82, 2.24) is 20.1 Å². The summed E-state index contributed by atoms with van der Waals surface area (Å²) in [6, 6.07) is 0. The largest absolute Gasteiger partial charge is 0.340 e. The zero-order valence-corrected chi connectivity index (χ0v) is 12.6. The summed E-state index contributed by atoms with van der Waals surface area (Å²) in [6.45, 7) is 10.2. The fraction of sp³-hybridized carbons (Fsp3) is 0.786. The average molecular weight is 280 g/mol. The maximum Gasteiger partial charge on any atom is 0.225 e. The lowest BCUT2D eigenvalue weighted by Crippen LogP contribution is -2.50. The summed E-state index contributed by atoms with van der Waals surface area (Å²) < 4.78 is 4.72. The molecule has 2 heterocycles. The molecule has 0 saturated carbocycles. The number of nitrogens with zero attached hydrogens (tertiary/aromatic N) is 4. The molecule has 1 saturated heterocycles. The van der Waals surface area contributed by atoms with Gasteiger partial charge in [0, 0.05) is 38.6 Å². The Labute approximate surface area is 120 Å². The predicted molar refractivity (Wildman–Crippen MR) is 75.0 cm³/mol. The van der Waals surface area contributed by atoms with Gasteiger partial charge in [-0.2, -0.15) is 0 Å². The summed E-state index contributed by atoms with van der Waals surface area (Å²) >= 11 is 0. The lowest BCUT2D eigenvalue weighted by molar-refractivity contribution is -0.137. The third kappa shape index (κ3) is 3.36. The van der Waals surface area contributed by atoms with Gasteiger partial charge >= 0.3 is 0 Å². The first-order valence-corrected chi connectivity index (χ1v) is 7.44. The number of piperazine rings is 1.